The molecule has 1 heterocycles. The SMILES string of the molecule is Cc1nnc(C(=O)N(C)C)o1. The molecule has 0 bridgehead atoms. The number of hydrogen-bond donors (Lipinski definition) is 0. The summed E-state index contributed by atoms with van der Waals surface area (Å²) in [6.07, 6.45) is 0. The highest BCUT2D eigenvalue weighted by Gasteiger charge is 2.14. The van der Waals surface area contributed by atoms with E-state index in [1.807, 2.05) is 0 Å². The smallest absolute Gasteiger partial charge is 0.310 e. The zero-order valence-electron chi connectivity index (χ0n) is 6.66. The van der Waals surface area contributed by atoms with Gasteiger partial charge in [0.15, 0.2) is 0 Å². The van der Waals surface area contributed by atoms with E-state index in [2.05, 4.69) is 10.2 Å². The maximum atomic E-state index is 11.1. The molecule has 0 N–H and O–H groups in total. The molecule has 11 heavy (non-hydrogen) atoms. The second-order valence-corrected chi connectivity index (χ2v) is 2.33. The van der Waals surface area contributed by atoms with Crippen LogP contribution in [0.15, 0.2) is 4.42 Å². The fraction of sp³-hybridized carbons (Fsp3) is 0.500. The summed E-state index contributed by atoms with van der Waals surface area (Å²) in [6, 6.07) is 0. The second-order valence-electron chi connectivity index (χ2n) is 2.33. The maximum absolute atomic E-state index is 11.1. The van der Waals surface area contributed by atoms with Gasteiger partial charge in [-0.1, -0.05) is 0 Å². The van der Waals surface area contributed by atoms with E-state index < -0.39 is 0 Å². The third kappa shape index (κ3) is 1.54. The Kier molecular flexibility index (Phi) is 1.89. The number of hydrogen-bond acceptors (Lipinski definition) is 4. The average molecular weight is 155 g/mol. The van der Waals surface area contributed by atoms with E-state index in [9.17, 15) is 4.79 Å². The van der Waals surface area contributed by atoms with Crippen LogP contribution in [0, 0.1) is 6.92 Å². The van der Waals surface area contributed by atoms with Crippen molar-refractivity contribution in [2.24, 2.45) is 0 Å². The zero-order valence-corrected chi connectivity index (χ0v) is 6.66. The van der Waals surface area contributed by atoms with Gasteiger partial charge in [0, 0.05) is 21.0 Å². The van der Waals surface area contributed by atoms with Crippen LogP contribution in [0.1, 0.15) is 16.6 Å². The predicted octanol–water partition coefficient (Wildman–Crippen LogP) is 0.0798. The molecule has 0 fully saturated rings. The summed E-state index contributed by atoms with van der Waals surface area (Å²) in [6.45, 7) is 1.64. The van der Waals surface area contributed by atoms with Crippen molar-refractivity contribution in [1.82, 2.24) is 15.1 Å². The van der Waals surface area contributed by atoms with Crippen LogP contribution in [-0.4, -0.2) is 35.1 Å². The lowest BCUT2D eigenvalue weighted by Gasteiger charge is -2.04. The van der Waals surface area contributed by atoms with Gasteiger partial charge in [0.1, 0.15) is 0 Å². The maximum Gasteiger partial charge on any atom is 0.310 e. The molecule has 0 saturated carbocycles. The van der Waals surface area contributed by atoms with Gasteiger partial charge in [0.2, 0.25) is 5.89 Å². The molecule has 0 saturated heterocycles. The lowest BCUT2D eigenvalue weighted by molar-refractivity contribution is 0.0787. The van der Waals surface area contributed by atoms with E-state index in [4.69, 9.17) is 4.42 Å². The van der Waals surface area contributed by atoms with Crippen molar-refractivity contribution >= 4 is 5.91 Å². The molecule has 1 amide bonds. The number of amides is 1. The summed E-state index contributed by atoms with van der Waals surface area (Å²) >= 11 is 0. The van der Waals surface area contributed by atoms with Crippen molar-refractivity contribution in [3.8, 4) is 0 Å². The van der Waals surface area contributed by atoms with Crippen molar-refractivity contribution in [1.29, 1.82) is 0 Å². The molecule has 0 radical (unpaired) electrons. The minimum Gasteiger partial charge on any atom is -0.417 e. The van der Waals surface area contributed by atoms with Gasteiger partial charge in [-0.25, -0.2) is 0 Å². The van der Waals surface area contributed by atoms with Crippen LogP contribution in [0.25, 0.3) is 0 Å². The number of aromatic nitrogens is 2. The van der Waals surface area contributed by atoms with Crippen molar-refractivity contribution in [3.05, 3.63) is 11.8 Å². The number of carbonyl (C=O) groups excluding carboxylic acids is 1. The Morgan fingerprint density at radius 2 is 2.09 bits per heavy atom. The summed E-state index contributed by atoms with van der Waals surface area (Å²) in [4.78, 5) is 12.5. The van der Waals surface area contributed by atoms with Crippen LogP contribution in [0.5, 0.6) is 0 Å². The number of rotatable bonds is 1. The molecule has 0 aliphatic carbocycles. The third-order valence-corrected chi connectivity index (χ3v) is 1.12. The Hall–Kier alpha value is -1.39. The van der Waals surface area contributed by atoms with Crippen LogP contribution < -0.4 is 0 Å². The Morgan fingerprint density at radius 1 is 1.45 bits per heavy atom. The molecule has 0 aliphatic heterocycles. The minimum atomic E-state index is -0.273. The lowest BCUT2D eigenvalue weighted by Crippen LogP contribution is -2.21. The number of carbonyl (C=O) groups is 1. The summed E-state index contributed by atoms with van der Waals surface area (Å²) < 4.78 is 4.89. The average Bonchev–Trinajstić information content (AvgIpc) is 2.34. The molecule has 60 valence electrons. The summed E-state index contributed by atoms with van der Waals surface area (Å²) in [5.74, 6) is 0.160. The van der Waals surface area contributed by atoms with Crippen LogP contribution in [-0.2, 0) is 0 Å². The van der Waals surface area contributed by atoms with Crippen LogP contribution in [0.3, 0.4) is 0 Å². The highest BCUT2D eigenvalue weighted by molar-refractivity contribution is 5.88. The minimum absolute atomic E-state index is 0.0347. The quantitative estimate of drug-likeness (QED) is 0.576. The van der Waals surface area contributed by atoms with Gasteiger partial charge in [-0.3, -0.25) is 4.79 Å². The molecule has 5 heteroatoms. The zero-order chi connectivity index (χ0) is 8.43. The molecule has 1 aromatic heterocycles. The number of nitrogens with zero attached hydrogens (tertiary/aromatic N) is 3. The molecule has 5 nitrogen and oxygen atoms in total. The summed E-state index contributed by atoms with van der Waals surface area (Å²) in [7, 11) is 3.25. The van der Waals surface area contributed by atoms with E-state index in [-0.39, 0.29) is 11.8 Å². The Labute approximate surface area is 64.0 Å². The molecule has 0 aromatic carbocycles. The van der Waals surface area contributed by atoms with Gasteiger partial charge in [-0.15, -0.1) is 10.2 Å². The first-order valence-electron chi connectivity index (χ1n) is 3.13. The largest absolute Gasteiger partial charge is 0.417 e. The van der Waals surface area contributed by atoms with E-state index in [0.717, 1.165) is 0 Å². The van der Waals surface area contributed by atoms with E-state index in [1.54, 1.807) is 21.0 Å². The molecule has 0 aliphatic rings. The van der Waals surface area contributed by atoms with Gasteiger partial charge in [0.25, 0.3) is 0 Å². The highest BCUT2D eigenvalue weighted by atomic mass is 16.4. The van der Waals surface area contributed by atoms with Crippen molar-refractivity contribution in [2.75, 3.05) is 14.1 Å². The Balaban J connectivity index is 2.85. The second kappa shape index (κ2) is 2.69. The Morgan fingerprint density at radius 3 is 2.45 bits per heavy atom. The topological polar surface area (TPSA) is 59.2 Å². The predicted molar refractivity (Wildman–Crippen MR) is 37.1 cm³/mol. The summed E-state index contributed by atoms with van der Waals surface area (Å²) in [5.41, 5.74) is 0. The first-order valence-corrected chi connectivity index (χ1v) is 3.13. The van der Waals surface area contributed by atoms with Gasteiger partial charge >= 0.3 is 11.8 Å². The van der Waals surface area contributed by atoms with Gasteiger partial charge < -0.3 is 9.32 Å². The van der Waals surface area contributed by atoms with Crippen molar-refractivity contribution in [2.45, 2.75) is 6.92 Å². The first kappa shape index (κ1) is 7.71. The van der Waals surface area contributed by atoms with Crippen molar-refractivity contribution in [3.63, 3.8) is 0 Å². The molecular weight excluding hydrogens is 146 g/mol. The Bertz CT molecular complexity index is 267. The van der Waals surface area contributed by atoms with E-state index in [1.165, 1.54) is 4.90 Å². The summed E-state index contributed by atoms with van der Waals surface area (Å²) in [5, 5.41) is 7.08. The molecule has 1 rings (SSSR count). The van der Waals surface area contributed by atoms with E-state index in [0.29, 0.717) is 5.89 Å². The van der Waals surface area contributed by atoms with Gasteiger partial charge in [-0.05, 0) is 0 Å². The monoisotopic (exact) mass is 155 g/mol. The van der Waals surface area contributed by atoms with Gasteiger partial charge in [0.05, 0.1) is 0 Å². The van der Waals surface area contributed by atoms with Crippen LogP contribution in [0.2, 0.25) is 0 Å². The molecular formula is C6H9N3O2. The normalized spacial score (nSPS) is 9.73. The van der Waals surface area contributed by atoms with Crippen LogP contribution in [0.4, 0.5) is 0 Å². The third-order valence-electron chi connectivity index (χ3n) is 1.12. The van der Waals surface area contributed by atoms with E-state index >= 15 is 0 Å². The molecule has 0 atom stereocenters. The fourth-order valence-electron chi connectivity index (χ4n) is 0.574. The number of aryl methyl sites for hydroxylation is 1. The molecule has 0 spiro atoms. The lowest BCUT2D eigenvalue weighted by atomic mass is 10.6. The standard InChI is InChI=1S/C6H9N3O2/c1-4-7-8-5(11-4)6(10)9(2)3/h1-3H3. The van der Waals surface area contributed by atoms with Crippen LogP contribution >= 0.6 is 0 Å². The first-order chi connectivity index (χ1) is 5.11. The fourth-order valence-corrected chi connectivity index (χ4v) is 0.574. The molecule has 1 aromatic rings. The highest BCUT2D eigenvalue weighted by Crippen LogP contribution is 1.99. The van der Waals surface area contributed by atoms with Crippen molar-refractivity contribution < 1.29 is 9.21 Å². The van der Waals surface area contributed by atoms with Gasteiger partial charge in [-0.2, -0.15) is 0 Å². The molecule has 0 unspecified atom stereocenters.